The molecule has 0 aliphatic carbocycles. The summed E-state index contributed by atoms with van der Waals surface area (Å²) < 4.78 is 13.8. The third-order valence-electron chi connectivity index (χ3n) is 5.15. The Morgan fingerprint density at radius 3 is 2.18 bits per heavy atom. The second-order valence-corrected chi connectivity index (χ2v) is 7.46. The molecular formula is C22H25FN2O3. The van der Waals surface area contributed by atoms with Crippen molar-refractivity contribution in [1.29, 1.82) is 0 Å². The molecule has 1 aliphatic rings. The van der Waals surface area contributed by atoms with Crippen molar-refractivity contribution in [1.82, 2.24) is 10.2 Å². The number of hydrogen-bond donors (Lipinski definition) is 2. The van der Waals surface area contributed by atoms with Crippen LogP contribution in [0.25, 0.3) is 0 Å². The molecule has 1 aliphatic heterocycles. The molecule has 6 heteroatoms. The van der Waals surface area contributed by atoms with E-state index in [0.29, 0.717) is 5.92 Å². The highest BCUT2D eigenvalue weighted by molar-refractivity contribution is 5.86. The number of carboxylic acid groups (broad SMARTS) is 1. The van der Waals surface area contributed by atoms with E-state index >= 15 is 0 Å². The summed E-state index contributed by atoms with van der Waals surface area (Å²) in [6, 6.07) is 16.0. The molecular weight excluding hydrogens is 359 g/mol. The Kier molecular flexibility index (Phi) is 5.97. The van der Waals surface area contributed by atoms with Gasteiger partial charge in [0.25, 0.3) is 0 Å². The second-order valence-electron chi connectivity index (χ2n) is 7.46. The maximum Gasteiger partial charge on any atom is 0.408 e. The van der Waals surface area contributed by atoms with Gasteiger partial charge in [-0.25, -0.2) is 9.18 Å². The van der Waals surface area contributed by atoms with Crippen molar-refractivity contribution < 1.29 is 19.1 Å². The molecule has 0 bridgehead atoms. The van der Waals surface area contributed by atoms with Crippen molar-refractivity contribution in [2.24, 2.45) is 0 Å². The van der Waals surface area contributed by atoms with Gasteiger partial charge in [0.2, 0.25) is 5.91 Å². The van der Waals surface area contributed by atoms with Gasteiger partial charge < -0.3 is 10.4 Å². The Labute approximate surface area is 164 Å². The topological polar surface area (TPSA) is 69.6 Å². The van der Waals surface area contributed by atoms with Gasteiger partial charge in [-0.05, 0) is 22.6 Å². The van der Waals surface area contributed by atoms with E-state index in [9.17, 15) is 19.1 Å². The zero-order valence-corrected chi connectivity index (χ0v) is 16.0. The van der Waals surface area contributed by atoms with Crippen molar-refractivity contribution in [2.45, 2.75) is 44.4 Å². The molecule has 2 amide bonds. The third kappa shape index (κ3) is 4.32. The molecule has 0 aromatic heterocycles. The van der Waals surface area contributed by atoms with E-state index in [-0.39, 0.29) is 13.0 Å². The van der Waals surface area contributed by atoms with Crippen LogP contribution in [0.4, 0.5) is 9.18 Å². The van der Waals surface area contributed by atoms with Crippen LogP contribution in [0.15, 0.2) is 54.6 Å². The van der Waals surface area contributed by atoms with Crippen molar-refractivity contribution in [3.05, 3.63) is 71.3 Å². The number of hydrogen-bond acceptors (Lipinski definition) is 2. The van der Waals surface area contributed by atoms with Crippen LogP contribution in [-0.4, -0.2) is 40.8 Å². The number of rotatable bonds is 5. The molecule has 148 valence electrons. The van der Waals surface area contributed by atoms with Gasteiger partial charge in [-0.3, -0.25) is 9.69 Å². The van der Waals surface area contributed by atoms with Crippen LogP contribution >= 0.6 is 0 Å². The number of nitrogens with zero attached hydrogens (tertiary/aromatic N) is 1. The van der Waals surface area contributed by atoms with Gasteiger partial charge in [0, 0.05) is 6.42 Å². The minimum absolute atomic E-state index is 0.119. The first-order chi connectivity index (χ1) is 13.4. The predicted octanol–water partition coefficient (Wildman–Crippen LogP) is 4.11. The van der Waals surface area contributed by atoms with E-state index in [2.05, 4.69) is 19.2 Å². The van der Waals surface area contributed by atoms with Crippen LogP contribution in [0, 0.1) is 0 Å². The van der Waals surface area contributed by atoms with E-state index in [0.717, 1.165) is 16.0 Å². The van der Waals surface area contributed by atoms with Gasteiger partial charge in [0.1, 0.15) is 12.2 Å². The molecule has 3 atom stereocenters. The van der Waals surface area contributed by atoms with Crippen LogP contribution in [0.1, 0.15) is 48.9 Å². The Bertz CT molecular complexity index is 823. The molecule has 1 fully saturated rings. The molecule has 0 spiro atoms. The molecule has 2 unspecified atom stereocenters. The van der Waals surface area contributed by atoms with Crippen LogP contribution < -0.4 is 5.32 Å². The zero-order chi connectivity index (χ0) is 20.3. The smallest absolute Gasteiger partial charge is 0.408 e. The molecule has 2 N–H and O–H groups in total. The average molecular weight is 384 g/mol. The van der Waals surface area contributed by atoms with Crippen LogP contribution in [-0.2, 0) is 4.79 Å². The summed E-state index contributed by atoms with van der Waals surface area (Å²) in [6.45, 7) is 3.95. The van der Waals surface area contributed by atoms with E-state index in [1.165, 1.54) is 5.56 Å². The first-order valence-corrected chi connectivity index (χ1v) is 9.45. The molecule has 2 aromatic carbocycles. The number of benzene rings is 2. The number of alkyl halides is 1. The lowest BCUT2D eigenvalue weighted by Gasteiger charge is -2.25. The normalized spacial score (nSPS) is 20.2. The number of carbonyl (C=O) groups excluding carboxylic acids is 1. The monoisotopic (exact) mass is 384 g/mol. The van der Waals surface area contributed by atoms with Crippen LogP contribution in [0.5, 0.6) is 0 Å². The fourth-order valence-electron chi connectivity index (χ4n) is 3.56. The highest BCUT2D eigenvalue weighted by Gasteiger charge is 2.40. The quantitative estimate of drug-likeness (QED) is 0.815. The van der Waals surface area contributed by atoms with Crippen molar-refractivity contribution in [2.75, 3.05) is 6.54 Å². The zero-order valence-electron chi connectivity index (χ0n) is 16.0. The van der Waals surface area contributed by atoms with Crippen LogP contribution in [0.3, 0.4) is 0 Å². The Morgan fingerprint density at radius 2 is 1.61 bits per heavy atom. The van der Waals surface area contributed by atoms with Gasteiger partial charge in [-0.1, -0.05) is 68.4 Å². The summed E-state index contributed by atoms with van der Waals surface area (Å²) in [6.07, 6.45) is -2.73. The fourth-order valence-corrected chi connectivity index (χ4v) is 3.56. The third-order valence-corrected chi connectivity index (χ3v) is 5.15. The summed E-state index contributed by atoms with van der Waals surface area (Å²) in [5.41, 5.74) is 2.96. The SMILES string of the molecule is CC(C)c1ccc(C(NC(=O)[C@H]2CC(F)CN2C(=O)O)c2ccccc2)cc1. The number of halogens is 1. The van der Waals surface area contributed by atoms with Gasteiger partial charge in [-0.2, -0.15) is 0 Å². The lowest BCUT2D eigenvalue weighted by atomic mass is 9.95. The maximum absolute atomic E-state index is 13.8. The van der Waals surface area contributed by atoms with Gasteiger partial charge in [0.05, 0.1) is 12.6 Å². The Balaban J connectivity index is 1.87. The first kappa shape index (κ1) is 19.9. The second kappa shape index (κ2) is 8.42. The van der Waals surface area contributed by atoms with E-state index in [4.69, 9.17) is 0 Å². The number of nitrogens with one attached hydrogen (secondary N) is 1. The molecule has 0 radical (unpaired) electrons. The van der Waals surface area contributed by atoms with E-state index < -0.39 is 30.3 Å². The Hall–Kier alpha value is -2.89. The fraction of sp³-hybridized carbons (Fsp3) is 0.364. The standard InChI is InChI=1S/C22H25FN2O3/c1-14(2)15-8-10-17(11-9-15)20(16-6-4-3-5-7-16)24-21(26)19-12-18(23)13-25(19)22(27)28/h3-11,14,18-20H,12-13H2,1-2H3,(H,24,26)(H,27,28)/t18?,19-,20?/m1/s1. The lowest BCUT2D eigenvalue weighted by Crippen LogP contribution is -2.46. The molecule has 0 saturated carbocycles. The highest BCUT2D eigenvalue weighted by Crippen LogP contribution is 2.26. The first-order valence-electron chi connectivity index (χ1n) is 9.45. The molecule has 1 saturated heterocycles. The summed E-state index contributed by atoms with van der Waals surface area (Å²) in [5, 5.41) is 12.2. The van der Waals surface area contributed by atoms with Crippen molar-refractivity contribution in [3.63, 3.8) is 0 Å². The number of amides is 2. The summed E-state index contributed by atoms with van der Waals surface area (Å²) >= 11 is 0. The lowest BCUT2D eigenvalue weighted by molar-refractivity contribution is -0.125. The molecule has 28 heavy (non-hydrogen) atoms. The minimum Gasteiger partial charge on any atom is -0.465 e. The minimum atomic E-state index is -1.33. The van der Waals surface area contributed by atoms with Crippen LogP contribution in [0.2, 0.25) is 0 Å². The highest BCUT2D eigenvalue weighted by atomic mass is 19.1. The van der Waals surface area contributed by atoms with Gasteiger partial charge >= 0.3 is 6.09 Å². The molecule has 5 nitrogen and oxygen atoms in total. The maximum atomic E-state index is 13.8. The molecule has 2 aromatic rings. The van der Waals surface area contributed by atoms with Crippen molar-refractivity contribution in [3.8, 4) is 0 Å². The summed E-state index contributed by atoms with van der Waals surface area (Å²) in [7, 11) is 0. The number of carbonyl (C=O) groups is 2. The predicted molar refractivity (Wildman–Crippen MR) is 105 cm³/mol. The average Bonchev–Trinajstić information content (AvgIpc) is 3.09. The van der Waals surface area contributed by atoms with E-state index in [1.54, 1.807) is 0 Å². The summed E-state index contributed by atoms with van der Waals surface area (Å²) in [5.74, 6) is -0.0905. The van der Waals surface area contributed by atoms with Crippen molar-refractivity contribution >= 4 is 12.0 Å². The number of likely N-dealkylation sites (tertiary alicyclic amines) is 1. The summed E-state index contributed by atoms with van der Waals surface area (Å²) in [4.78, 5) is 25.1. The largest absolute Gasteiger partial charge is 0.465 e. The van der Waals surface area contributed by atoms with Gasteiger partial charge in [0.15, 0.2) is 0 Å². The Morgan fingerprint density at radius 1 is 1.04 bits per heavy atom. The molecule has 1 heterocycles. The van der Waals surface area contributed by atoms with Gasteiger partial charge in [-0.15, -0.1) is 0 Å². The van der Waals surface area contributed by atoms with E-state index in [1.807, 2.05) is 54.6 Å². The molecule has 3 rings (SSSR count).